The summed E-state index contributed by atoms with van der Waals surface area (Å²) in [5.74, 6) is 0.351. The molecule has 0 bridgehead atoms. The number of hydrogen-bond donors (Lipinski definition) is 2. The van der Waals surface area contributed by atoms with Gasteiger partial charge in [-0.2, -0.15) is 0 Å². The molecule has 0 aliphatic rings. The van der Waals surface area contributed by atoms with Gasteiger partial charge in [0, 0.05) is 24.0 Å². The van der Waals surface area contributed by atoms with Crippen molar-refractivity contribution in [2.45, 2.75) is 32.0 Å². The van der Waals surface area contributed by atoms with Crippen LogP contribution in [0.15, 0.2) is 11.2 Å². The number of rotatable bonds is 6. The van der Waals surface area contributed by atoms with Crippen LogP contribution in [0.1, 0.15) is 18.3 Å². The van der Waals surface area contributed by atoms with Crippen LogP contribution in [-0.2, 0) is 4.79 Å². The second-order valence-corrected chi connectivity index (χ2v) is 5.16. The summed E-state index contributed by atoms with van der Waals surface area (Å²) in [4.78, 5) is 20.1. The lowest BCUT2D eigenvalue weighted by Crippen LogP contribution is -2.37. The second kappa shape index (κ2) is 9.12. The fourth-order valence-corrected chi connectivity index (χ4v) is 2.09. The zero-order valence-electron chi connectivity index (χ0n) is 11.7. The summed E-state index contributed by atoms with van der Waals surface area (Å²) in [6.07, 6.45) is 0. The van der Waals surface area contributed by atoms with Gasteiger partial charge in [-0.15, -0.1) is 12.4 Å². The van der Waals surface area contributed by atoms with Crippen molar-refractivity contribution in [3.8, 4) is 0 Å². The Kier molecular flexibility index (Phi) is 8.71. The summed E-state index contributed by atoms with van der Waals surface area (Å²) in [5.41, 5.74) is 1.85. The topological polar surface area (TPSA) is 66.9 Å². The molecule has 0 spiro atoms. The Morgan fingerprint density at radius 1 is 1.37 bits per heavy atom. The summed E-state index contributed by atoms with van der Waals surface area (Å²) in [6.45, 7) is 6.49. The van der Waals surface area contributed by atoms with E-state index in [0.29, 0.717) is 17.5 Å². The average Bonchev–Trinajstić information content (AvgIpc) is 2.32. The minimum atomic E-state index is 0. The van der Waals surface area contributed by atoms with E-state index < -0.39 is 0 Å². The van der Waals surface area contributed by atoms with Crippen molar-refractivity contribution in [2.75, 3.05) is 19.3 Å². The van der Waals surface area contributed by atoms with E-state index in [1.54, 1.807) is 0 Å². The van der Waals surface area contributed by atoms with E-state index in [0.717, 1.165) is 11.4 Å². The molecule has 0 saturated heterocycles. The number of nitrogens with zero attached hydrogens (tertiary/aromatic N) is 2. The fourth-order valence-electron chi connectivity index (χ4n) is 1.31. The summed E-state index contributed by atoms with van der Waals surface area (Å²) in [5, 5.41) is 6.57. The normalized spacial score (nSPS) is 11.6. The third kappa shape index (κ3) is 7.34. The fraction of sp³-hybridized carbons (Fsp3) is 0.583. The molecule has 1 heterocycles. The third-order valence-corrected chi connectivity index (χ3v) is 3.24. The number of thioether (sulfide) groups is 1. The molecule has 0 radical (unpaired) electrons. The summed E-state index contributed by atoms with van der Waals surface area (Å²) in [6, 6.07) is 2.19. The van der Waals surface area contributed by atoms with Gasteiger partial charge in [0.1, 0.15) is 0 Å². The van der Waals surface area contributed by atoms with Crippen LogP contribution in [0.5, 0.6) is 0 Å². The van der Waals surface area contributed by atoms with Gasteiger partial charge in [-0.05, 0) is 33.9 Å². The van der Waals surface area contributed by atoms with Crippen LogP contribution >= 0.6 is 24.2 Å². The molecule has 0 aliphatic heterocycles. The average molecular weight is 305 g/mol. The monoisotopic (exact) mass is 304 g/mol. The molecule has 5 nitrogen and oxygen atoms in total. The van der Waals surface area contributed by atoms with Gasteiger partial charge in [0.05, 0.1) is 5.75 Å². The van der Waals surface area contributed by atoms with Gasteiger partial charge in [-0.1, -0.05) is 11.8 Å². The van der Waals surface area contributed by atoms with Crippen molar-refractivity contribution in [3.05, 3.63) is 17.5 Å². The van der Waals surface area contributed by atoms with Crippen molar-refractivity contribution in [3.63, 3.8) is 0 Å². The van der Waals surface area contributed by atoms with Crippen LogP contribution < -0.4 is 10.6 Å². The number of amides is 1. The highest BCUT2D eigenvalue weighted by molar-refractivity contribution is 7.99. The Bertz CT molecular complexity index is 396. The molecule has 1 aromatic heterocycles. The van der Waals surface area contributed by atoms with Crippen molar-refractivity contribution in [1.82, 2.24) is 20.6 Å². The van der Waals surface area contributed by atoms with E-state index >= 15 is 0 Å². The molecular weight excluding hydrogens is 284 g/mol. The highest BCUT2D eigenvalue weighted by Crippen LogP contribution is 2.13. The standard InChI is InChI=1S/C12H20N4OS.ClH/c1-8-5-9(2)16-12(15-8)18-7-11(17)14-6-10(3)13-4;/h5,10,13H,6-7H2,1-4H3,(H,14,17);1H. The van der Waals surface area contributed by atoms with Gasteiger partial charge < -0.3 is 10.6 Å². The zero-order chi connectivity index (χ0) is 13.5. The lowest BCUT2D eigenvalue weighted by Gasteiger charge is -2.11. The molecule has 0 aliphatic carbocycles. The minimum absolute atomic E-state index is 0. The van der Waals surface area contributed by atoms with Gasteiger partial charge >= 0.3 is 0 Å². The Labute approximate surface area is 124 Å². The van der Waals surface area contributed by atoms with Crippen LogP contribution in [-0.4, -0.2) is 41.3 Å². The van der Waals surface area contributed by atoms with Gasteiger partial charge in [-0.3, -0.25) is 4.79 Å². The summed E-state index contributed by atoms with van der Waals surface area (Å²) < 4.78 is 0. The highest BCUT2D eigenvalue weighted by Gasteiger charge is 2.07. The quantitative estimate of drug-likeness (QED) is 0.613. The molecule has 19 heavy (non-hydrogen) atoms. The number of carbonyl (C=O) groups is 1. The molecule has 0 aromatic carbocycles. The van der Waals surface area contributed by atoms with Crippen LogP contribution in [0.2, 0.25) is 0 Å². The molecule has 1 unspecified atom stereocenters. The zero-order valence-corrected chi connectivity index (χ0v) is 13.3. The smallest absolute Gasteiger partial charge is 0.230 e. The van der Waals surface area contributed by atoms with E-state index in [-0.39, 0.29) is 24.4 Å². The molecular formula is C12H21ClN4OS. The first-order valence-corrected chi connectivity index (χ1v) is 6.89. The largest absolute Gasteiger partial charge is 0.354 e. The van der Waals surface area contributed by atoms with Gasteiger partial charge in [0.2, 0.25) is 5.91 Å². The number of carbonyl (C=O) groups excluding carboxylic acids is 1. The number of aryl methyl sites for hydroxylation is 2. The molecule has 7 heteroatoms. The predicted molar refractivity (Wildman–Crippen MR) is 81.0 cm³/mol. The Hall–Kier alpha value is -0.850. The first-order valence-electron chi connectivity index (χ1n) is 5.90. The number of halogens is 1. The van der Waals surface area contributed by atoms with Crippen LogP contribution in [0, 0.1) is 13.8 Å². The Morgan fingerprint density at radius 2 is 1.95 bits per heavy atom. The van der Waals surface area contributed by atoms with Gasteiger partial charge in [-0.25, -0.2) is 9.97 Å². The maximum Gasteiger partial charge on any atom is 0.230 e. The van der Waals surface area contributed by atoms with Crippen LogP contribution in [0.3, 0.4) is 0 Å². The SMILES string of the molecule is CNC(C)CNC(=O)CSc1nc(C)cc(C)n1.Cl. The first-order chi connectivity index (χ1) is 8.51. The number of hydrogen-bond acceptors (Lipinski definition) is 5. The van der Waals surface area contributed by atoms with Crippen LogP contribution in [0.25, 0.3) is 0 Å². The molecule has 2 N–H and O–H groups in total. The second-order valence-electron chi connectivity index (χ2n) is 4.22. The molecule has 1 amide bonds. The summed E-state index contributed by atoms with van der Waals surface area (Å²) >= 11 is 1.36. The van der Waals surface area contributed by atoms with E-state index in [4.69, 9.17) is 0 Å². The van der Waals surface area contributed by atoms with Crippen molar-refractivity contribution >= 4 is 30.1 Å². The molecule has 0 saturated carbocycles. The van der Waals surface area contributed by atoms with Gasteiger partial charge in [0.15, 0.2) is 5.16 Å². The first kappa shape index (κ1) is 18.1. The molecule has 1 aromatic rings. The molecule has 1 rings (SSSR count). The van der Waals surface area contributed by atoms with E-state index in [1.165, 1.54) is 11.8 Å². The number of likely N-dealkylation sites (N-methyl/N-ethyl adjacent to an activating group) is 1. The molecule has 108 valence electrons. The lowest BCUT2D eigenvalue weighted by atomic mass is 10.3. The maximum absolute atomic E-state index is 11.6. The van der Waals surface area contributed by atoms with Crippen LogP contribution in [0.4, 0.5) is 0 Å². The van der Waals surface area contributed by atoms with E-state index in [2.05, 4.69) is 20.6 Å². The third-order valence-electron chi connectivity index (χ3n) is 2.39. The summed E-state index contributed by atoms with van der Waals surface area (Å²) in [7, 11) is 1.87. The van der Waals surface area contributed by atoms with Crippen molar-refractivity contribution in [2.24, 2.45) is 0 Å². The van der Waals surface area contributed by atoms with E-state index in [9.17, 15) is 4.79 Å². The van der Waals surface area contributed by atoms with Gasteiger partial charge in [0.25, 0.3) is 0 Å². The lowest BCUT2D eigenvalue weighted by molar-refractivity contribution is -0.118. The predicted octanol–water partition coefficient (Wildman–Crippen LogP) is 1.33. The molecule has 1 atom stereocenters. The Morgan fingerprint density at radius 3 is 2.47 bits per heavy atom. The molecule has 0 fully saturated rings. The minimum Gasteiger partial charge on any atom is -0.354 e. The number of aromatic nitrogens is 2. The Balaban J connectivity index is 0.00000324. The van der Waals surface area contributed by atoms with Crippen molar-refractivity contribution in [1.29, 1.82) is 0 Å². The van der Waals surface area contributed by atoms with E-state index in [1.807, 2.05) is 33.9 Å². The highest BCUT2D eigenvalue weighted by atomic mass is 35.5. The number of nitrogens with one attached hydrogen (secondary N) is 2. The van der Waals surface area contributed by atoms with Crippen molar-refractivity contribution < 1.29 is 4.79 Å². The maximum atomic E-state index is 11.6.